The molecule has 0 unspecified atom stereocenters. The number of methoxy groups -OCH3 is 1. The second kappa shape index (κ2) is 5.83. The van der Waals surface area contributed by atoms with Crippen LogP contribution in [0.15, 0.2) is 12.4 Å². The summed E-state index contributed by atoms with van der Waals surface area (Å²) in [5.41, 5.74) is 0.379. The SMILES string of the molecule is COCCn1cc(NS(=O)(=O)CCO)cn1. The highest BCUT2D eigenvalue weighted by molar-refractivity contribution is 7.92. The molecule has 1 rings (SSSR count). The second-order valence-electron chi connectivity index (χ2n) is 3.13. The maximum atomic E-state index is 11.3. The average Bonchev–Trinajstić information content (AvgIpc) is 2.61. The molecule has 0 aliphatic heterocycles. The van der Waals surface area contributed by atoms with Gasteiger partial charge in [-0.05, 0) is 0 Å². The number of hydrogen-bond acceptors (Lipinski definition) is 5. The monoisotopic (exact) mass is 249 g/mol. The van der Waals surface area contributed by atoms with Gasteiger partial charge >= 0.3 is 0 Å². The van der Waals surface area contributed by atoms with Gasteiger partial charge in [0, 0.05) is 13.3 Å². The Bertz CT molecular complexity index is 415. The standard InChI is InChI=1S/C8H15N3O4S/c1-15-4-2-11-7-8(6-9-11)10-16(13,14)5-3-12/h6-7,10,12H,2-5H2,1H3. The predicted octanol–water partition coefficient (Wildman–Crippen LogP) is -0.736. The van der Waals surface area contributed by atoms with Crippen LogP contribution in [0.5, 0.6) is 0 Å². The molecule has 0 fully saturated rings. The van der Waals surface area contributed by atoms with Gasteiger partial charge in [0.05, 0.1) is 37.4 Å². The molecule has 0 bridgehead atoms. The van der Waals surface area contributed by atoms with Crippen LogP contribution >= 0.6 is 0 Å². The Balaban J connectivity index is 2.58. The predicted molar refractivity (Wildman–Crippen MR) is 58.6 cm³/mol. The molecular formula is C8H15N3O4S. The Labute approximate surface area is 94.1 Å². The van der Waals surface area contributed by atoms with Crippen LogP contribution in [0.1, 0.15) is 0 Å². The number of aliphatic hydroxyl groups is 1. The lowest BCUT2D eigenvalue weighted by molar-refractivity contribution is 0.183. The molecule has 16 heavy (non-hydrogen) atoms. The molecule has 1 aromatic heterocycles. The van der Waals surface area contributed by atoms with E-state index in [-0.39, 0.29) is 5.75 Å². The largest absolute Gasteiger partial charge is 0.395 e. The fourth-order valence-corrected chi connectivity index (χ4v) is 1.88. The molecule has 92 valence electrons. The number of nitrogens with zero attached hydrogens (tertiary/aromatic N) is 2. The van der Waals surface area contributed by atoms with Gasteiger partial charge in [0.1, 0.15) is 0 Å². The van der Waals surface area contributed by atoms with Crippen molar-refractivity contribution in [3.8, 4) is 0 Å². The van der Waals surface area contributed by atoms with Crippen LogP contribution in [0.3, 0.4) is 0 Å². The smallest absolute Gasteiger partial charge is 0.235 e. The quantitative estimate of drug-likeness (QED) is 0.664. The summed E-state index contributed by atoms with van der Waals surface area (Å²) in [6, 6.07) is 0. The van der Waals surface area contributed by atoms with Gasteiger partial charge < -0.3 is 9.84 Å². The number of hydrogen-bond donors (Lipinski definition) is 2. The van der Waals surface area contributed by atoms with Gasteiger partial charge in [-0.15, -0.1) is 0 Å². The average molecular weight is 249 g/mol. The fraction of sp³-hybridized carbons (Fsp3) is 0.625. The van der Waals surface area contributed by atoms with Crippen LogP contribution in [-0.4, -0.2) is 49.4 Å². The van der Waals surface area contributed by atoms with Crippen molar-refractivity contribution in [1.29, 1.82) is 0 Å². The van der Waals surface area contributed by atoms with Crippen LogP contribution in [0, 0.1) is 0 Å². The molecule has 0 aliphatic carbocycles. The molecule has 1 aromatic rings. The molecule has 0 aliphatic rings. The van der Waals surface area contributed by atoms with E-state index in [9.17, 15) is 8.42 Å². The zero-order chi connectivity index (χ0) is 12.0. The van der Waals surface area contributed by atoms with Crippen molar-refractivity contribution < 1.29 is 18.3 Å². The van der Waals surface area contributed by atoms with Gasteiger partial charge in [-0.2, -0.15) is 5.10 Å². The van der Waals surface area contributed by atoms with E-state index < -0.39 is 16.6 Å². The van der Waals surface area contributed by atoms with E-state index in [1.54, 1.807) is 18.0 Å². The summed E-state index contributed by atoms with van der Waals surface area (Å²) >= 11 is 0. The molecule has 0 amide bonds. The molecule has 0 radical (unpaired) electrons. The Hall–Kier alpha value is -1.12. The van der Waals surface area contributed by atoms with Crippen molar-refractivity contribution in [2.45, 2.75) is 6.54 Å². The lowest BCUT2D eigenvalue weighted by Crippen LogP contribution is -2.18. The van der Waals surface area contributed by atoms with E-state index in [1.165, 1.54) is 6.20 Å². The summed E-state index contributed by atoms with van der Waals surface area (Å²) in [6.07, 6.45) is 2.97. The van der Waals surface area contributed by atoms with Crippen molar-refractivity contribution in [2.75, 3.05) is 30.8 Å². The first kappa shape index (κ1) is 12.9. The zero-order valence-corrected chi connectivity index (χ0v) is 9.77. The molecule has 0 saturated heterocycles. The highest BCUT2D eigenvalue weighted by Gasteiger charge is 2.10. The number of sulfonamides is 1. The van der Waals surface area contributed by atoms with Crippen LogP contribution in [0.25, 0.3) is 0 Å². The van der Waals surface area contributed by atoms with Crippen molar-refractivity contribution in [3.05, 3.63) is 12.4 Å². The third-order valence-corrected chi connectivity index (χ3v) is 3.06. The van der Waals surface area contributed by atoms with Gasteiger partial charge in [-0.25, -0.2) is 8.42 Å². The number of aromatic nitrogens is 2. The molecule has 7 nitrogen and oxygen atoms in total. The number of aliphatic hydroxyl groups excluding tert-OH is 1. The first-order valence-corrected chi connectivity index (χ1v) is 6.35. The normalized spacial score (nSPS) is 11.6. The summed E-state index contributed by atoms with van der Waals surface area (Å²) in [6.45, 7) is 0.649. The van der Waals surface area contributed by atoms with Gasteiger partial charge in [0.15, 0.2) is 0 Å². The summed E-state index contributed by atoms with van der Waals surface area (Å²) in [7, 11) is -1.90. The number of anilines is 1. The first-order chi connectivity index (χ1) is 7.57. The van der Waals surface area contributed by atoms with Crippen molar-refractivity contribution in [2.24, 2.45) is 0 Å². The molecule has 1 heterocycles. The van der Waals surface area contributed by atoms with Gasteiger partial charge in [0.2, 0.25) is 10.0 Å². The zero-order valence-electron chi connectivity index (χ0n) is 8.96. The van der Waals surface area contributed by atoms with Crippen molar-refractivity contribution >= 4 is 15.7 Å². The van der Waals surface area contributed by atoms with Gasteiger partial charge in [0.25, 0.3) is 0 Å². The topological polar surface area (TPSA) is 93.5 Å². The summed E-state index contributed by atoms with van der Waals surface area (Å²) < 4.78 is 31.3. The summed E-state index contributed by atoms with van der Waals surface area (Å²) in [5.74, 6) is -0.323. The van der Waals surface area contributed by atoms with Crippen LogP contribution in [0.4, 0.5) is 5.69 Å². The van der Waals surface area contributed by atoms with Gasteiger partial charge in [-0.1, -0.05) is 0 Å². The Kier molecular flexibility index (Phi) is 4.71. The number of nitrogens with one attached hydrogen (secondary N) is 1. The van der Waals surface area contributed by atoms with E-state index in [1.807, 2.05) is 0 Å². The Morgan fingerprint density at radius 3 is 3.00 bits per heavy atom. The minimum atomic E-state index is -3.48. The fourth-order valence-electron chi connectivity index (χ4n) is 1.07. The van der Waals surface area contributed by atoms with Crippen LogP contribution in [0.2, 0.25) is 0 Å². The molecule has 8 heteroatoms. The van der Waals surface area contributed by atoms with Crippen LogP contribution in [-0.2, 0) is 21.3 Å². The highest BCUT2D eigenvalue weighted by Crippen LogP contribution is 2.07. The molecule has 0 aromatic carbocycles. The maximum absolute atomic E-state index is 11.3. The van der Waals surface area contributed by atoms with Crippen LogP contribution < -0.4 is 4.72 Å². The Morgan fingerprint density at radius 1 is 1.62 bits per heavy atom. The summed E-state index contributed by atoms with van der Waals surface area (Å²) in [5, 5.41) is 12.5. The van der Waals surface area contributed by atoms with E-state index in [4.69, 9.17) is 9.84 Å². The van der Waals surface area contributed by atoms with E-state index >= 15 is 0 Å². The molecular weight excluding hydrogens is 234 g/mol. The second-order valence-corrected chi connectivity index (χ2v) is 4.97. The number of rotatable bonds is 7. The molecule has 0 spiro atoms. The molecule has 2 N–H and O–H groups in total. The maximum Gasteiger partial charge on any atom is 0.235 e. The van der Waals surface area contributed by atoms with Crippen molar-refractivity contribution in [3.63, 3.8) is 0 Å². The van der Waals surface area contributed by atoms with E-state index in [2.05, 4.69) is 9.82 Å². The Morgan fingerprint density at radius 2 is 2.38 bits per heavy atom. The molecule has 0 saturated carbocycles. The summed E-state index contributed by atoms with van der Waals surface area (Å²) in [4.78, 5) is 0. The van der Waals surface area contributed by atoms with Crippen molar-refractivity contribution in [1.82, 2.24) is 9.78 Å². The van der Waals surface area contributed by atoms with E-state index in [0.717, 1.165) is 0 Å². The lowest BCUT2D eigenvalue weighted by Gasteiger charge is -2.03. The first-order valence-electron chi connectivity index (χ1n) is 4.70. The lowest BCUT2D eigenvalue weighted by atomic mass is 10.6. The third kappa shape index (κ3) is 4.17. The minimum Gasteiger partial charge on any atom is -0.395 e. The minimum absolute atomic E-state index is 0.323. The third-order valence-electron chi connectivity index (χ3n) is 1.79. The molecule has 0 atom stereocenters. The van der Waals surface area contributed by atoms with E-state index in [0.29, 0.717) is 18.8 Å². The van der Waals surface area contributed by atoms with Gasteiger partial charge in [-0.3, -0.25) is 9.40 Å². The number of ether oxygens (including phenoxy) is 1. The highest BCUT2D eigenvalue weighted by atomic mass is 32.2.